The van der Waals surface area contributed by atoms with Crippen molar-refractivity contribution in [1.29, 1.82) is 0 Å². The third kappa shape index (κ3) is 4.18. The van der Waals surface area contributed by atoms with E-state index < -0.39 is 33.0 Å². The normalized spacial score (nSPS) is 11.4. The molecule has 0 aliphatic heterocycles. The van der Waals surface area contributed by atoms with Crippen molar-refractivity contribution in [2.24, 2.45) is 5.14 Å². The fraction of sp³-hybridized carbons (Fsp3) is 0.167. The number of aromatic nitrogens is 2. The van der Waals surface area contributed by atoms with Crippen LogP contribution in [0.3, 0.4) is 0 Å². The molecule has 3 aromatic rings. The van der Waals surface area contributed by atoms with Crippen molar-refractivity contribution in [1.82, 2.24) is 9.55 Å². The van der Waals surface area contributed by atoms with Crippen LogP contribution in [0.2, 0.25) is 0 Å². The lowest BCUT2D eigenvalue weighted by atomic mass is 10.1. The first-order chi connectivity index (χ1) is 14.0. The zero-order valence-electron chi connectivity index (χ0n) is 15.9. The van der Waals surface area contributed by atoms with Crippen molar-refractivity contribution in [3.05, 3.63) is 68.3 Å². The van der Waals surface area contributed by atoms with Gasteiger partial charge in [0, 0.05) is 17.8 Å². The summed E-state index contributed by atoms with van der Waals surface area (Å²) in [5.74, 6) is -0.589. The summed E-state index contributed by atoms with van der Waals surface area (Å²) < 4.78 is 24.3. The number of fused-ring (bicyclic) bond motifs is 1. The molecule has 156 valence electrons. The number of hydrogen-bond donors (Lipinski definition) is 2. The third-order valence-electron chi connectivity index (χ3n) is 4.58. The molecule has 1 aromatic heterocycles. The van der Waals surface area contributed by atoms with Gasteiger partial charge in [-0.1, -0.05) is 0 Å². The monoisotopic (exact) mass is 431 g/mol. The van der Waals surface area contributed by atoms with Crippen molar-refractivity contribution in [3.63, 3.8) is 0 Å². The van der Waals surface area contributed by atoms with Crippen molar-refractivity contribution in [3.8, 4) is 0 Å². The first kappa shape index (κ1) is 21.1. The highest BCUT2D eigenvalue weighted by atomic mass is 32.2. The molecule has 0 radical (unpaired) electrons. The lowest BCUT2D eigenvalue weighted by Crippen LogP contribution is -2.28. The summed E-state index contributed by atoms with van der Waals surface area (Å²) in [6.45, 7) is 2.99. The number of anilines is 1. The second-order valence-corrected chi connectivity index (χ2v) is 8.20. The number of nitrogens with one attached hydrogen (secondary N) is 1. The van der Waals surface area contributed by atoms with Crippen LogP contribution in [0, 0.1) is 24.0 Å². The predicted molar refractivity (Wildman–Crippen MR) is 109 cm³/mol. The number of nitrogens with zero attached hydrogens (tertiary/aromatic N) is 3. The Morgan fingerprint density at radius 3 is 2.60 bits per heavy atom. The SMILES string of the molecule is Cc1cc(S(N)(=O)=O)cc(NC(=O)Cn2cnc3cc([N+](=O)[O-])ccc3c2=O)c1C. The minimum atomic E-state index is -3.96. The molecule has 2 aromatic carbocycles. The number of aryl methyl sites for hydroxylation is 1. The largest absolute Gasteiger partial charge is 0.324 e. The lowest BCUT2D eigenvalue weighted by Gasteiger charge is -2.13. The Bertz CT molecular complexity index is 1360. The molecule has 0 saturated carbocycles. The first-order valence-corrected chi connectivity index (χ1v) is 10.1. The average molecular weight is 431 g/mol. The number of nitro benzene ring substituents is 1. The molecule has 3 N–H and O–H groups in total. The van der Waals surface area contributed by atoms with Crippen molar-refractivity contribution in [2.45, 2.75) is 25.3 Å². The third-order valence-corrected chi connectivity index (χ3v) is 5.47. The van der Waals surface area contributed by atoms with Crippen molar-refractivity contribution >= 4 is 38.2 Å². The number of sulfonamides is 1. The van der Waals surface area contributed by atoms with Gasteiger partial charge < -0.3 is 5.32 Å². The van der Waals surface area contributed by atoms with Crippen LogP contribution in [0.15, 0.2) is 46.3 Å². The molecule has 0 atom stereocenters. The van der Waals surface area contributed by atoms with Gasteiger partial charge in [-0.2, -0.15) is 0 Å². The van der Waals surface area contributed by atoms with E-state index in [0.29, 0.717) is 11.1 Å². The van der Waals surface area contributed by atoms with Crippen LogP contribution >= 0.6 is 0 Å². The van der Waals surface area contributed by atoms with Gasteiger partial charge in [0.25, 0.3) is 11.2 Å². The Morgan fingerprint density at radius 2 is 1.97 bits per heavy atom. The van der Waals surface area contributed by atoms with Gasteiger partial charge in [0.1, 0.15) is 6.54 Å². The number of carbonyl (C=O) groups excluding carboxylic acids is 1. The summed E-state index contributed by atoms with van der Waals surface area (Å²) in [6, 6.07) is 6.28. The molecular weight excluding hydrogens is 414 g/mol. The summed E-state index contributed by atoms with van der Waals surface area (Å²) in [5.41, 5.74) is 0.899. The summed E-state index contributed by atoms with van der Waals surface area (Å²) in [7, 11) is -3.96. The van der Waals surface area contributed by atoms with Crippen molar-refractivity contribution in [2.75, 3.05) is 5.32 Å². The van der Waals surface area contributed by atoms with E-state index in [0.717, 1.165) is 10.9 Å². The molecule has 0 spiro atoms. The van der Waals surface area contributed by atoms with E-state index in [-0.39, 0.29) is 27.2 Å². The maximum atomic E-state index is 12.6. The molecule has 0 unspecified atom stereocenters. The zero-order valence-corrected chi connectivity index (χ0v) is 16.8. The highest BCUT2D eigenvalue weighted by Gasteiger charge is 2.16. The van der Waals surface area contributed by atoms with E-state index in [1.807, 2.05) is 0 Å². The van der Waals surface area contributed by atoms with E-state index in [2.05, 4.69) is 10.3 Å². The number of nitro groups is 1. The molecule has 11 nitrogen and oxygen atoms in total. The maximum absolute atomic E-state index is 12.6. The standard InChI is InChI=1S/C18H17N5O6S/c1-10-5-13(30(19,28)29)7-15(11(10)2)21-17(24)8-22-9-20-16-6-12(23(26)27)3-4-14(16)18(22)25/h3-7,9H,8H2,1-2H3,(H,21,24)(H2,19,28,29). The Labute approximate surface area is 170 Å². The highest BCUT2D eigenvalue weighted by molar-refractivity contribution is 7.89. The number of amides is 1. The van der Waals surface area contributed by atoms with Crippen LogP contribution in [-0.2, 0) is 21.4 Å². The van der Waals surface area contributed by atoms with Crippen molar-refractivity contribution < 1.29 is 18.1 Å². The van der Waals surface area contributed by atoms with E-state index in [1.54, 1.807) is 13.8 Å². The molecule has 0 aliphatic carbocycles. The molecule has 12 heteroatoms. The van der Waals surface area contributed by atoms with Gasteiger partial charge in [-0.15, -0.1) is 0 Å². The number of benzene rings is 2. The summed E-state index contributed by atoms with van der Waals surface area (Å²) in [4.78, 5) is 39.2. The Morgan fingerprint density at radius 1 is 1.27 bits per heavy atom. The molecule has 0 aliphatic rings. The summed E-state index contributed by atoms with van der Waals surface area (Å²) >= 11 is 0. The van der Waals surface area contributed by atoms with Crippen LogP contribution < -0.4 is 16.0 Å². The molecule has 1 amide bonds. The average Bonchev–Trinajstić information content (AvgIpc) is 2.66. The minimum absolute atomic E-state index is 0.124. The second-order valence-electron chi connectivity index (χ2n) is 6.64. The molecule has 0 bridgehead atoms. The van der Waals surface area contributed by atoms with Crippen LogP contribution in [0.4, 0.5) is 11.4 Å². The van der Waals surface area contributed by atoms with Gasteiger partial charge in [0.15, 0.2) is 0 Å². The number of primary sulfonamides is 1. The zero-order chi connectivity index (χ0) is 22.2. The quantitative estimate of drug-likeness (QED) is 0.452. The molecule has 30 heavy (non-hydrogen) atoms. The lowest BCUT2D eigenvalue weighted by molar-refractivity contribution is -0.384. The first-order valence-electron chi connectivity index (χ1n) is 8.55. The fourth-order valence-corrected chi connectivity index (χ4v) is 3.46. The van der Waals surface area contributed by atoms with Gasteiger partial charge in [-0.3, -0.25) is 24.3 Å². The van der Waals surface area contributed by atoms with Crippen LogP contribution in [-0.4, -0.2) is 28.8 Å². The van der Waals surface area contributed by atoms with Gasteiger partial charge >= 0.3 is 0 Å². The Balaban J connectivity index is 1.90. The summed E-state index contributed by atoms with van der Waals surface area (Å²) in [5, 5.41) is 18.7. The van der Waals surface area contributed by atoms with Crippen LogP contribution in [0.5, 0.6) is 0 Å². The minimum Gasteiger partial charge on any atom is -0.324 e. The Kier molecular flexibility index (Phi) is 5.37. The number of rotatable bonds is 5. The molecular formula is C18H17N5O6S. The highest BCUT2D eigenvalue weighted by Crippen LogP contribution is 2.23. The predicted octanol–water partition coefficient (Wildman–Crippen LogP) is 1.21. The van der Waals surface area contributed by atoms with E-state index in [1.165, 1.54) is 30.3 Å². The van der Waals surface area contributed by atoms with E-state index >= 15 is 0 Å². The van der Waals surface area contributed by atoms with Crippen LogP contribution in [0.1, 0.15) is 11.1 Å². The fourth-order valence-electron chi connectivity index (χ4n) is 2.84. The summed E-state index contributed by atoms with van der Waals surface area (Å²) in [6.07, 6.45) is 1.12. The number of hydrogen-bond acceptors (Lipinski definition) is 7. The topological polar surface area (TPSA) is 167 Å². The molecule has 1 heterocycles. The molecule has 0 saturated heterocycles. The molecule has 3 rings (SSSR count). The van der Waals surface area contributed by atoms with Gasteiger partial charge in [0.05, 0.1) is 27.0 Å². The second kappa shape index (κ2) is 7.65. The Hall–Kier alpha value is -3.64. The number of non-ortho nitro benzene ring substituents is 1. The molecule has 0 fully saturated rings. The van der Waals surface area contributed by atoms with Gasteiger partial charge in [-0.25, -0.2) is 18.5 Å². The number of carbonyl (C=O) groups is 1. The van der Waals surface area contributed by atoms with E-state index in [9.17, 15) is 28.1 Å². The van der Waals surface area contributed by atoms with Crippen LogP contribution in [0.25, 0.3) is 10.9 Å². The maximum Gasteiger partial charge on any atom is 0.271 e. The van der Waals surface area contributed by atoms with E-state index in [4.69, 9.17) is 5.14 Å². The number of nitrogens with two attached hydrogens (primary N) is 1. The van der Waals surface area contributed by atoms with Gasteiger partial charge in [0.2, 0.25) is 15.9 Å². The smallest absolute Gasteiger partial charge is 0.271 e. The van der Waals surface area contributed by atoms with Gasteiger partial charge in [-0.05, 0) is 43.2 Å².